The molecule has 1 atom stereocenters. The second kappa shape index (κ2) is 17.7. The molecule has 8 rings (SSSR count). The summed E-state index contributed by atoms with van der Waals surface area (Å²) < 4.78 is 30.2. The third kappa shape index (κ3) is 9.48. The summed E-state index contributed by atoms with van der Waals surface area (Å²) >= 11 is 0. The molecule has 0 bridgehead atoms. The van der Waals surface area contributed by atoms with Crippen LogP contribution in [-0.2, 0) is 14.4 Å². The fourth-order valence-corrected chi connectivity index (χ4v) is 9.44. The van der Waals surface area contributed by atoms with Crippen LogP contribution < -0.4 is 31.1 Å². The van der Waals surface area contributed by atoms with Crippen LogP contribution in [0, 0.1) is 17.6 Å². The van der Waals surface area contributed by atoms with Crippen LogP contribution >= 0.6 is 0 Å². The van der Waals surface area contributed by atoms with Crippen LogP contribution in [0.15, 0.2) is 48.7 Å². The quantitative estimate of drug-likeness (QED) is 0.186. The Labute approximate surface area is 333 Å². The lowest BCUT2D eigenvalue weighted by molar-refractivity contribution is -0.133. The van der Waals surface area contributed by atoms with Gasteiger partial charge in [-0.05, 0) is 107 Å². The summed E-state index contributed by atoms with van der Waals surface area (Å²) in [5.41, 5.74) is 3.23. The van der Waals surface area contributed by atoms with Gasteiger partial charge in [-0.2, -0.15) is 0 Å². The Morgan fingerprint density at radius 2 is 1.51 bits per heavy atom. The molecule has 4 N–H and O–H groups in total. The highest BCUT2D eigenvalue weighted by atomic mass is 19.1. The number of hydrogen-bond donors (Lipinski definition) is 4. The molecule has 3 saturated heterocycles. The second-order valence-electron chi connectivity index (χ2n) is 16.5. The van der Waals surface area contributed by atoms with Crippen LogP contribution in [0.5, 0.6) is 0 Å². The van der Waals surface area contributed by atoms with Gasteiger partial charge in [0, 0.05) is 86.7 Å². The number of rotatable bonds is 10. The maximum absolute atomic E-state index is 15.2. The first-order valence-electron chi connectivity index (χ1n) is 21.1. The van der Waals surface area contributed by atoms with Crippen molar-refractivity contribution in [3.63, 3.8) is 0 Å². The molecular formula is C43H55F2N9O3. The Kier molecular flexibility index (Phi) is 12.1. The first-order valence-corrected chi connectivity index (χ1v) is 21.1. The average Bonchev–Trinajstić information content (AvgIpc) is 3.24. The normalized spacial score (nSPS) is 26.1. The highest BCUT2D eigenvalue weighted by Gasteiger charge is 2.33. The summed E-state index contributed by atoms with van der Waals surface area (Å²) in [4.78, 5) is 52.7. The molecule has 2 aliphatic carbocycles. The molecule has 304 valence electrons. The number of nitrogens with zero attached hydrogens (tertiary/aromatic N) is 5. The van der Waals surface area contributed by atoms with Gasteiger partial charge >= 0.3 is 0 Å². The summed E-state index contributed by atoms with van der Waals surface area (Å²) in [6.07, 6.45) is 12.7. The van der Waals surface area contributed by atoms with Crippen molar-refractivity contribution in [1.82, 2.24) is 25.5 Å². The second-order valence-corrected chi connectivity index (χ2v) is 16.5. The molecule has 0 spiro atoms. The summed E-state index contributed by atoms with van der Waals surface area (Å²) in [5.74, 6) is -0.871. The van der Waals surface area contributed by atoms with Gasteiger partial charge in [0.25, 0.3) is 0 Å². The van der Waals surface area contributed by atoms with Crippen molar-refractivity contribution < 1.29 is 23.2 Å². The van der Waals surface area contributed by atoms with Crippen molar-refractivity contribution in [3.05, 3.63) is 60.3 Å². The Balaban J connectivity index is 0.750. The van der Waals surface area contributed by atoms with E-state index >= 15 is 4.39 Å². The predicted octanol–water partition coefficient (Wildman–Crippen LogP) is 5.85. The fourth-order valence-electron chi connectivity index (χ4n) is 9.44. The third-order valence-corrected chi connectivity index (χ3v) is 12.8. The maximum atomic E-state index is 15.2. The van der Waals surface area contributed by atoms with E-state index in [0.717, 1.165) is 102 Å². The van der Waals surface area contributed by atoms with Crippen molar-refractivity contribution in [2.75, 3.05) is 59.7 Å². The largest absolute Gasteiger partial charge is 0.374 e. The Bertz CT molecular complexity index is 1900. The van der Waals surface area contributed by atoms with Crippen LogP contribution in [0.1, 0.15) is 83.5 Å². The zero-order valence-corrected chi connectivity index (χ0v) is 32.7. The molecule has 5 aliphatic rings. The van der Waals surface area contributed by atoms with E-state index in [4.69, 9.17) is 0 Å². The number of carbonyl (C=O) groups is 3. The maximum Gasteiger partial charge on any atom is 0.249 e. The van der Waals surface area contributed by atoms with E-state index in [2.05, 4.69) is 52.0 Å². The molecule has 57 heavy (non-hydrogen) atoms. The van der Waals surface area contributed by atoms with Crippen molar-refractivity contribution >= 4 is 40.7 Å². The van der Waals surface area contributed by atoms with Crippen molar-refractivity contribution in [1.29, 1.82) is 0 Å². The predicted molar refractivity (Wildman–Crippen MR) is 217 cm³/mol. The average molecular weight is 784 g/mol. The molecule has 5 fully saturated rings. The molecule has 1 aromatic heterocycles. The zero-order chi connectivity index (χ0) is 39.3. The zero-order valence-electron chi connectivity index (χ0n) is 32.7. The fraction of sp³-hybridized carbons (Fsp3) is 0.558. The summed E-state index contributed by atoms with van der Waals surface area (Å²) in [5, 5.41) is 12.2. The lowest BCUT2D eigenvalue weighted by Gasteiger charge is -2.43. The SMILES string of the molecule is O=C1CCC(Nc2ccc(N3CCN(C4CCC(NC(=O)C5CCC(Nc6ncc(F)c(-c7cccc(N8CCCCC8)c7)n6)CC5)CC4)CC3)c(F)c2)C(=O)N1. The molecule has 2 aromatic carbocycles. The van der Waals surface area contributed by atoms with Crippen LogP contribution in [0.3, 0.4) is 0 Å². The molecule has 12 nitrogen and oxygen atoms in total. The minimum Gasteiger partial charge on any atom is -0.374 e. The number of piperazine rings is 1. The van der Waals surface area contributed by atoms with E-state index in [0.29, 0.717) is 35.5 Å². The highest BCUT2D eigenvalue weighted by molar-refractivity contribution is 6.01. The lowest BCUT2D eigenvalue weighted by Crippen LogP contribution is -2.52. The summed E-state index contributed by atoms with van der Waals surface area (Å²) in [7, 11) is 0. The number of carbonyl (C=O) groups excluding carboxylic acids is 3. The van der Waals surface area contributed by atoms with Gasteiger partial charge in [0.15, 0.2) is 5.82 Å². The highest BCUT2D eigenvalue weighted by Crippen LogP contribution is 2.32. The van der Waals surface area contributed by atoms with Gasteiger partial charge in [0.2, 0.25) is 23.7 Å². The smallest absolute Gasteiger partial charge is 0.249 e. The van der Waals surface area contributed by atoms with Gasteiger partial charge < -0.3 is 25.8 Å². The number of nitrogens with one attached hydrogen (secondary N) is 4. The minimum atomic E-state index is -0.554. The number of hydrogen-bond acceptors (Lipinski definition) is 10. The van der Waals surface area contributed by atoms with Crippen LogP contribution in [0.25, 0.3) is 11.3 Å². The molecule has 3 aromatic rings. The molecule has 0 radical (unpaired) electrons. The van der Waals surface area contributed by atoms with Crippen molar-refractivity contribution in [3.8, 4) is 11.3 Å². The summed E-state index contributed by atoms with van der Waals surface area (Å²) in [6, 6.07) is 13.2. The number of anilines is 4. The monoisotopic (exact) mass is 783 g/mol. The lowest BCUT2D eigenvalue weighted by atomic mass is 9.84. The van der Waals surface area contributed by atoms with Crippen LogP contribution in [0.4, 0.5) is 31.8 Å². The van der Waals surface area contributed by atoms with E-state index in [1.807, 2.05) is 18.2 Å². The Morgan fingerprint density at radius 3 is 2.25 bits per heavy atom. The van der Waals surface area contributed by atoms with Crippen LogP contribution in [-0.4, -0.2) is 96.0 Å². The first-order chi connectivity index (χ1) is 27.8. The molecule has 3 amide bonds. The van der Waals surface area contributed by atoms with E-state index in [-0.39, 0.29) is 48.0 Å². The van der Waals surface area contributed by atoms with Gasteiger partial charge in [-0.15, -0.1) is 0 Å². The topological polar surface area (TPSA) is 135 Å². The third-order valence-electron chi connectivity index (χ3n) is 12.8. The Hall–Kier alpha value is -4.85. The minimum absolute atomic E-state index is 0.0150. The number of benzene rings is 2. The summed E-state index contributed by atoms with van der Waals surface area (Å²) in [6.45, 7) is 5.20. The Morgan fingerprint density at radius 1 is 0.754 bits per heavy atom. The van der Waals surface area contributed by atoms with E-state index in [1.165, 1.54) is 31.5 Å². The molecule has 4 heterocycles. The molecule has 2 saturated carbocycles. The van der Waals surface area contributed by atoms with Gasteiger partial charge in [0.05, 0.1) is 11.9 Å². The van der Waals surface area contributed by atoms with Gasteiger partial charge in [-0.25, -0.2) is 18.7 Å². The standard InChI is InChI=1S/C43H55F2N9O3/c44-35-26-32(47-37-16-18-39(55)50-42(37)57)13-17-38(35)54-23-21-53(22-24-54)33-14-11-30(12-15-33)48-41(56)28-7-9-31(10-8-28)49-43-46-27-36(45)40(51-43)29-5-4-6-34(25-29)52-19-2-1-3-20-52/h4-6,13,17,25-28,30-31,33,37,47H,1-3,7-12,14-16,18-24H2,(H,48,56)(H,46,49,51)(H,50,55,57). The van der Waals surface area contributed by atoms with E-state index in [1.54, 1.807) is 12.1 Å². The van der Waals surface area contributed by atoms with Gasteiger partial charge in [-0.3, -0.25) is 24.6 Å². The number of piperidine rings is 2. The van der Waals surface area contributed by atoms with Gasteiger partial charge in [0.1, 0.15) is 17.6 Å². The number of halogens is 2. The van der Waals surface area contributed by atoms with Gasteiger partial charge in [-0.1, -0.05) is 12.1 Å². The molecule has 14 heteroatoms. The number of aromatic nitrogens is 2. The van der Waals surface area contributed by atoms with Crippen LogP contribution in [0.2, 0.25) is 0 Å². The first kappa shape index (κ1) is 39.0. The molecular weight excluding hydrogens is 729 g/mol. The molecule has 3 aliphatic heterocycles. The van der Waals surface area contributed by atoms with Crippen molar-refractivity contribution in [2.24, 2.45) is 5.92 Å². The van der Waals surface area contributed by atoms with Crippen molar-refractivity contribution in [2.45, 2.75) is 108 Å². The number of imide groups is 1. The molecule has 1 unspecified atom stereocenters. The van der Waals surface area contributed by atoms with E-state index < -0.39 is 11.9 Å². The van der Waals surface area contributed by atoms with E-state index in [9.17, 15) is 18.8 Å². The number of amides is 3.